The van der Waals surface area contributed by atoms with Gasteiger partial charge in [-0.25, -0.2) is 4.79 Å². The molecule has 0 fully saturated rings. The standard InChI is InChI=1S/C22H18N2O5S/c23-16(25)11-29-14-8-4-7-13(9-14)15-10-17(26)24-19-18(12-5-2-1-3-6-12)21(22(27)28)30-20(15)19/h1-9,15H,10-11H2,(H2,23,25)(H,24,26)(H,27,28)/t15-/m1/s1. The first-order chi connectivity index (χ1) is 14.4. The van der Waals surface area contributed by atoms with Gasteiger partial charge in [-0.1, -0.05) is 42.5 Å². The van der Waals surface area contributed by atoms with Crippen molar-refractivity contribution in [3.05, 3.63) is 69.9 Å². The van der Waals surface area contributed by atoms with Gasteiger partial charge in [0.2, 0.25) is 5.91 Å². The number of ether oxygens (including phenoxy) is 1. The molecule has 2 aromatic carbocycles. The first kappa shape index (κ1) is 19.7. The lowest BCUT2D eigenvalue weighted by Crippen LogP contribution is -2.22. The van der Waals surface area contributed by atoms with Gasteiger partial charge in [-0.15, -0.1) is 11.3 Å². The van der Waals surface area contributed by atoms with Crippen LogP contribution in [0.3, 0.4) is 0 Å². The summed E-state index contributed by atoms with van der Waals surface area (Å²) >= 11 is 1.16. The van der Waals surface area contributed by atoms with E-state index in [1.54, 1.807) is 18.2 Å². The van der Waals surface area contributed by atoms with Crippen molar-refractivity contribution in [2.24, 2.45) is 5.73 Å². The quantitative estimate of drug-likeness (QED) is 0.562. The molecule has 2 heterocycles. The fourth-order valence-electron chi connectivity index (χ4n) is 3.56. The Morgan fingerprint density at radius 3 is 2.63 bits per heavy atom. The molecule has 7 nitrogen and oxygen atoms in total. The van der Waals surface area contributed by atoms with E-state index >= 15 is 0 Å². The third kappa shape index (κ3) is 3.77. The summed E-state index contributed by atoms with van der Waals surface area (Å²) in [6.45, 7) is -0.250. The number of anilines is 1. The number of nitrogens with one attached hydrogen (secondary N) is 1. The van der Waals surface area contributed by atoms with E-state index in [4.69, 9.17) is 10.5 Å². The minimum Gasteiger partial charge on any atom is -0.484 e. The second kappa shape index (κ2) is 8.00. The molecule has 1 aliphatic heterocycles. The van der Waals surface area contributed by atoms with Gasteiger partial charge in [-0.2, -0.15) is 0 Å². The zero-order valence-corrected chi connectivity index (χ0v) is 16.6. The Labute approximate surface area is 176 Å². The largest absolute Gasteiger partial charge is 0.484 e. The highest BCUT2D eigenvalue weighted by Gasteiger charge is 2.34. The molecule has 4 N–H and O–H groups in total. The van der Waals surface area contributed by atoms with E-state index in [0.717, 1.165) is 27.3 Å². The van der Waals surface area contributed by atoms with Crippen LogP contribution >= 0.6 is 11.3 Å². The molecule has 152 valence electrons. The smallest absolute Gasteiger partial charge is 0.346 e. The van der Waals surface area contributed by atoms with Crippen LogP contribution in [0.5, 0.6) is 5.75 Å². The molecule has 1 atom stereocenters. The molecule has 0 saturated carbocycles. The molecular formula is C22H18N2O5S. The predicted molar refractivity (Wildman–Crippen MR) is 113 cm³/mol. The topological polar surface area (TPSA) is 119 Å². The Bertz CT molecular complexity index is 1140. The SMILES string of the molecule is NC(=O)COc1cccc([C@H]2CC(=O)Nc3c2sc(C(=O)O)c3-c2ccccc2)c1. The maximum atomic E-state index is 12.5. The molecule has 4 rings (SSSR count). The number of nitrogens with two attached hydrogens (primary N) is 1. The minimum absolute atomic E-state index is 0.180. The molecular weight excluding hydrogens is 404 g/mol. The van der Waals surface area contributed by atoms with E-state index in [9.17, 15) is 19.5 Å². The van der Waals surface area contributed by atoms with Crippen molar-refractivity contribution in [2.45, 2.75) is 12.3 Å². The molecule has 1 aromatic heterocycles. The van der Waals surface area contributed by atoms with Gasteiger partial charge < -0.3 is 20.9 Å². The van der Waals surface area contributed by atoms with Gasteiger partial charge in [-0.05, 0) is 23.3 Å². The Balaban J connectivity index is 1.82. The van der Waals surface area contributed by atoms with Crippen molar-refractivity contribution in [1.29, 1.82) is 0 Å². The molecule has 0 radical (unpaired) electrons. The molecule has 8 heteroatoms. The number of carboxylic acids is 1. The summed E-state index contributed by atoms with van der Waals surface area (Å²) < 4.78 is 5.38. The second-order valence-electron chi connectivity index (χ2n) is 6.85. The summed E-state index contributed by atoms with van der Waals surface area (Å²) in [4.78, 5) is 36.5. The van der Waals surface area contributed by atoms with E-state index < -0.39 is 11.9 Å². The van der Waals surface area contributed by atoms with Crippen LogP contribution < -0.4 is 15.8 Å². The number of carboxylic acid groups (broad SMARTS) is 1. The number of carbonyl (C=O) groups excluding carboxylic acids is 2. The summed E-state index contributed by atoms with van der Waals surface area (Å²) in [7, 11) is 0. The van der Waals surface area contributed by atoms with Crippen LogP contribution in [0.1, 0.15) is 32.5 Å². The molecule has 1 aliphatic rings. The summed E-state index contributed by atoms with van der Waals surface area (Å²) in [5.74, 6) is -1.69. The van der Waals surface area contributed by atoms with Crippen molar-refractivity contribution in [3.8, 4) is 16.9 Å². The number of carbonyl (C=O) groups is 3. The molecule has 2 amide bonds. The first-order valence-electron chi connectivity index (χ1n) is 9.20. The number of rotatable bonds is 6. The number of hydrogen-bond donors (Lipinski definition) is 3. The van der Waals surface area contributed by atoms with E-state index in [2.05, 4.69) is 5.32 Å². The number of aromatic carboxylic acids is 1. The Morgan fingerprint density at radius 2 is 1.93 bits per heavy atom. The van der Waals surface area contributed by atoms with Gasteiger partial charge in [0.15, 0.2) is 6.61 Å². The number of primary amides is 1. The van der Waals surface area contributed by atoms with E-state index in [1.165, 1.54) is 0 Å². The zero-order chi connectivity index (χ0) is 21.3. The van der Waals surface area contributed by atoms with Gasteiger partial charge in [0, 0.05) is 22.8 Å². The molecule has 0 bridgehead atoms. The highest BCUT2D eigenvalue weighted by atomic mass is 32.1. The highest BCUT2D eigenvalue weighted by Crippen LogP contribution is 2.49. The molecule has 0 unspecified atom stereocenters. The van der Waals surface area contributed by atoms with Crippen LogP contribution in [0.15, 0.2) is 54.6 Å². The van der Waals surface area contributed by atoms with E-state index in [0.29, 0.717) is 17.0 Å². The van der Waals surface area contributed by atoms with E-state index in [1.807, 2.05) is 36.4 Å². The van der Waals surface area contributed by atoms with E-state index in [-0.39, 0.29) is 29.7 Å². The van der Waals surface area contributed by atoms with Crippen LogP contribution in [0.2, 0.25) is 0 Å². The minimum atomic E-state index is -1.04. The summed E-state index contributed by atoms with van der Waals surface area (Å²) in [6, 6.07) is 16.2. The van der Waals surface area contributed by atoms with Crippen molar-refractivity contribution >= 4 is 34.8 Å². The summed E-state index contributed by atoms with van der Waals surface area (Å²) in [6.07, 6.45) is 0.181. The highest BCUT2D eigenvalue weighted by molar-refractivity contribution is 7.15. The van der Waals surface area contributed by atoms with Crippen molar-refractivity contribution in [3.63, 3.8) is 0 Å². The lowest BCUT2D eigenvalue weighted by atomic mass is 9.88. The van der Waals surface area contributed by atoms with Crippen LogP contribution in [0.4, 0.5) is 5.69 Å². The number of benzene rings is 2. The summed E-state index contributed by atoms with van der Waals surface area (Å²) in [5.41, 5.74) is 7.71. The van der Waals surface area contributed by atoms with Crippen LogP contribution in [0, 0.1) is 0 Å². The molecule has 0 spiro atoms. The molecule has 30 heavy (non-hydrogen) atoms. The van der Waals surface area contributed by atoms with Crippen molar-refractivity contribution in [2.75, 3.05) is 11.9 Å². The molecule has 0 saturated heterocycles. The Morgan fingerprint density at radius 1 is 1.17 bits per heavy atom. The van der Waals surface area contributed by atoms with Crippen molar-refractivity contribution in [1.82, 2.24) is 0 Å². The van der Waals surface area contributed by atoms with Crippen LogP contribution in [0.25, 0.3) is 11.1 Å². The number of fused-ring (bicyclic) bond motifs is 1. The average Bonchev–Trinajstić information content (AvgIpc) is 3.12. The van der Waals surface area contributed by atoms with Crippen LogP contribution in [-0.2, 0) is 9.59 Å². The zero-order valence-electron chi connectivity index (χ0n) is 15.8. The predicted octanol–water partition coefficient (Wildman–Crippen LogP) is 3.45. The van der Waals surface area contributed by atoms with Gasteiger partial charge in [0.05, 0.1) is 5.69 Å². The lowest BCUT2D eigenvalue weighted by Gasteiger charge is -2.24. The maximum absolute atomic E-state index is 12.5. The fourth-order valence-corrected chi connectivity index (χ4v) is 4.81. The van der Waals surface area contributed by atoms with Gasteiger partial charge >= 0.3 is 5.97 Å². The monoisotopic (exact) mass is 422 g/mol. The van der Waals surface area contributed by atoms with Gasteiger partial charge in [0.1, 0.15) is 10.6 Å². The number of hydrogen-bond acceptors (Lipinski definition) is 5. The third-order valence-corrected chi connectivity index (χ3v) is 6.10. The normalized spacial score (nSPS) is 15.2. The van der Waals surface area contributed by atoms with Crippen molar-refractivity contribution < 1.29 is 24.2 Å². The Hall–Kier alpha value is -3.65. The molecule has 0 aliphatic carbocycles. The third-order valence-electron chi connectivity index (χ3n) is 4.80. The lowest BCUT2D eigenvalue weighted by molar-refractivity contribution is -0.120. The van der Waals surface area contributed by atoms with Gasteiger partial charge in [0.25, 0.3) is 5.91 Å². The molecule has 3 aromatic rings. The number of amides is 2. The second-order valence-corrected chi connectivity index (χ2v) is 7.90. The average molecular weight is 422 g/mol. The number of thiophene rings is 1. The Kier molecular flexibility index (Phi) is 5.24. The van der Waals surface area contributed by atoms with Gasteiger partial charge in [-0.3, -0.25) is 9.59 Å². The summed E-state index contributed by atoms with van der Waals surface area (Å²) in [5, 5.41) is 12.7. The first-order valence-corrected chi connectivity index (χ1v) is 10.0. The maximum Gasteiger partial charge on any atom is 0.346 e. The van der Waals surface area contributed by atoms with Crippen LogP contribution in [-0.4, -0.2) is 29.5 Å². The fraction of sp³-hybridized carbons (Fsp3) is 0.136.